The zero-order chi connectivity index (χ0) is 26.9. The first-order chi connectivity index (χ1) is 19.2. The molecule has 2 heterocycles. The Kier molecular flexibility index (Phi) is 9.17. The minimum Gasteiger partial charge on any atom is -0.492 e. The molecule has 7 nitrogen and oxygen atoms in total. The first-order valence-corrected chi connectivity index (χ1v) is 14.6. The fourth-order valence-electron chi connectivity index (χ4n) is 4.86. The van der Waals surface area contributed by atoms with Crippen molar-refractivity contribution in [3.05, 3.63) is 96.3 Å². The number of carbonyl (C=O) groups is 1. The lowest BCUT2D eigenvalue weighted by Crippen LogP contribution is -2.48. The summed E-state index contributed by atoms with van der Waals surface area (Å²) < 4.78 is 7.94. The number of benzene rings is 3. The molecule has 1 aliphatic heterocycles. The van der Waals surface area contributed by atoms with Crippen LogP contribution in [0.1, 0.15) is 31.2 Å². The number of para-hydroxylation sites is 3. The first-order valence-electron chi connectivity index (χ1n) is 13.6. The van der Waals surface area contributed by atoms with E-state index in [2.05, 4.69) is 50.0 Å². The van der Waals surface area contributed by atoms with Crippen LogP contribution in [0, 0.1) is 0 Å². The maximum atomic E-state index is 13.0. The van der Waals surface area contributed by atoms with Gasteiger partial charge in [-0.1, -0.05) is 72.4 Å². The summed E-state index contributed by atoms with van der Waals surface area (Å²) >= 11 is 1.66. The number of hydrogen-bond acceptors (Lipinski definition) is 6. The van der Waals surface area contributed by atoms with Crippen molar-refractivity contribution in [2.24, 2.45) is 0 Å². The second-order valence-corrected chi connectivity index (χ2v) is 10.5. The van der Waals surface area contributed by atoms with Crippen molar-refractivity contribution in [1.29, 1.82) is 0 Å². The molecule has 0 N–H and O–H groups in total. The number of ether oxygens (including phenoxy) is 1. The highest BCUT2D eigenvalue weighted by Gasteiger charge is 2.23. The molecule has 0 spiro atoms. The van der Waals surface area contributed by atoms with Gasteiger partial charge in [-0.3, -0.25) is 9.36 Å². The number of thioether (sulfide) groups is 1. The highest BCUT2D eigenvalue weighted by molar-refractivity contribution is 7.99. The number of anilines is 1. The Labute approximate surface area is 234 Å². The first kappa shape index (κ1) is 26.8. The highest BCUT2D eigenvalue weighted by atomic mass is 32.2. The van der Waals surface area contributed by atoms with Crippen LogP contribution in [-0.4, -0.2) is 64.1 Å². The molecule has 202 valence electrons. The van der Waals surface area contributed by atoms with Crippen LogP contribution in [0.4, 0.5) is 5.69 Å². The predicted molar refractivity (Wildman–Crippen MR) is 157 cm³/mol. The summed E-state index contributed by atoms with van der Waals surface area (Å²) in [6.45, 7) is 5.74. The van der Waals surface area contributed by atoms with Gasteiger partial charge >= 0.3 is 0 Å². The molecule has 1 amide bonds. The quantitative estimate of drug-likeness (QED) is 0.185. The molecule has 1 saturated heterocycles. The van der Waals surface area contributed by atoms with Crippen molar-refractivity contribution >= 4 is 23.4 Å². The van der Waals surface area contributed by atoms with E-state index in [1.165, 1.54) is 5.56 Å². The molecular formula is C31H35N5O2S. The van der Waals surface area contributed by atoms with Gasteiger partial charge in [0.15, 0.2) is 5.16 Å². The number of amides is 1. The zero-order valence-electron chi connectivity index (χ0n) is 22.4. The SMILES string of the molecule is CCOc1ccccc1N1CCN(C(=O)CCCSc2nnc(Cc3ccccc3)n2-c2ccccc2)CC1. The number of hydrogen-bond donors (Lipinski definition) is 0. The van der Waals surface area contributed by atoms with Crippen molar-refractivity contribution in [2.75, 3.05) is 43.4 Å². The van der Waals surface area contributed by atoms with E-state index in [9.17, 15) is 4.79 Å². The van der Waals surface area contributed by atoms with Crippen molar-refractivity contribution in [2.45, 2.75) is 31.3 Å². The minimum atomic E-state index is 0.225. The van der Waals surface area contributed by atoms with E-state index in [-0.39, 0.29) is 5.91 Å². The number of rotatable bonds is 11. The van der Waals surface area contributed by atoms with Crippen LogP contribution in [0.5, 0.6) is 5.75 Å². The number of piperazine rings is 1. The molecule has 1 aliphatic rings. The van der Waals surface area contributed by atoms with Gasteiger partial charge in [0, 0.05) is 50.5 Å². The largest absolute Gasteiger partial charge is 0.492 e. The van der Waals surface area contributed by atoms with Gasteiger partial charge in [0.2, 0.25) is 5.91 Å². The summed E-state index contributed by atoms with van der Waals surface area (Å²) in [7, 11) is 0. The van der Waals surface area contributed by atoms with Crippen LogP contribution < -0.4 is 9.64 Å². The third-order valence-corrected chi connectivity index (χ3v) is 7.84. The monoisotopic (exact) mass is 541 g/mol. The average Bonchev–Trinajstić information content (AvgIpc) is 3.38. The third kappa shape index (κ3) is 6.81. The van der Waals surface area contributed by atoms with Gasteiger partial charge in [0.25, 0.3) is 0 Å². The van der Waals surface area contributed by atoms with Crippen molar-refractivity contribution in [1.82, 2.24) is 19.7 Å². The third-order valence-electron chi connectivity index (χ3n) is 6.82. The van der Waals surface area contributed by atoms with Crippen LogP contribution in [0.3, 0.4) is 0 Å². The average molecular weight is 542 g/mol. The van der Waals surface area contributed by atoms with Gasteiger partial charge in [0.1, 0.15) is 11.6 Å². The summed E-state index contributed by atoms with van der Waals surface area (Å²) in [4.78, 5) is 17.3. The molecule has 5 rings (SSSR count). The number of aromatic nitrogens is 3. The molecule has 1 aromatic heterocycles. The number of carbonyl (C=O) groups excluding carboxylic acids is 1. The molecule has 0 saturated carbocycles. The summed E-state index contributed by atoms with van der Waals surface area (Å²) in [5.41, 5.74) is 3.36. The van der Waals surface area contributed by atoms with Gasteiger partial charge in [0.05, 0.1) is 12.3 Å². The van der Waals surface area contributed by atoms with E-state index in [1.807, 2.05) is 66.4 Å². The molecule has 8 heteroatoms. The maximum Gasteiger partial charge on any atom is 0.222 e. The molecule has 3 aromatic carbocycles. The Hall–Kier alpha value is -3.78. The molecule has 0 bridgehead atoms. The van der Waals surface area contributed by atoms with Crippen molar-refractivity contribution < 1.29 is 9.53 Å². The zero-order valence-corrected chi connectivity index (χ0v) is 23.2. The lowest BCUT2D eigenvalue weighted by atomic mass is 10.1. The summed E-state index contributed by atoms with van der Waals surface area (Å²) in [5.74, 6) is 2.86. The predicted octanol–water partition coefficient (Wildman–Crippen LogP) is 5.48. The molecule has 0 unspecified atom stereocenters. The lowest BCUT2D eigenvalue weighted by Gasteiger charge is -2.36. The fourth-order valence-corrected chi connectivity index (χ4v) is 5.77. The molecule has 0 aliphatic carbocycles. The maximum absolute atomic E-state index is 13.0. The van der Waals surface area contributed by atoms with E-state index in [0.29, 0.717) is 19.4 Å². The van der Waals surface area contributed by atoms with Crippen LogP contribution in [0.25, 0.3) is 5.69 Å². The number of nitrogens with zero attached hydrogens (tertiary/aromatic N) is 5. The van der Waals surface area contributed by atoms with Gasteiger partial charge in [-0.2, -0.15) is 0 Å². The van der Waals surface area contributed by atoms with Crippen LogP contribution >= 0.6 is 11.8 Å². The second kappa shape index (κ2) is 13.3. The standard InChI is InChI=1S/C31H35N5O2S/c1-2-38-28-17-10-9-16-27(28)34-19-21-35(22-20-34)30(37)18-11-23-39-31-33-32-29(24-25-12-5-3-6-13-25)36(31)26-14-7-4-8-15-26/h3-10,12-17H,2,11,18-24H2,1H3. The Morgan fingerprint density at radius 3 is 2.31 bits per heavy atom. The molecule has 4 aromatic rings. The molecular weight excluding hydrogens is 506 g/mol. The lowest BCUT2D eigenvalue weighted by molar-refractivity contribution is -0.131. The van der Waals surface area contributed by atoms with Crippen LogP contribution in [0.15, 0.2) is 90.1 Å². The molecule has 1 fully saturated rings. The van der Waals surface area contributed by atoms with E-state index < -0.39 is 0 Å². The summed E-state index contributed by atoms with van der Waals surface area (Å²) in [6, 6.07) is 28.7. The van der Waals surface area contributed by atoms with Gasteiger partial charge in [-0.15, -0.1) is 10.2 Å². The topological polar surface area (TPSA) is 63.5 Å². The second-order valence-electron chi connectivity index (χ2n) is 9.45. The summed E-state index contributed by atoms with van der Waals surface area (Å²) in [5, 5.41) is 9.91. The van der Waals surface area contributed by atoms with Gasteiger partial charge in [-0.05, 0) is 43.2 Å². The smallest absolute Gasteiger partial charge is 0.222 e. The summed E-state index contributed by atoms with van der Waals surface area (Å²) in [6.07, 6.45) is 2.05. The highest BCUT2D eigenvalue weighted by Crippen LogP contribution is 2.29. The normalized spacial score (nSPS) is 13.5. The van der Waals surface area contributed by atoms with E-state index in [0.717, 1.165) is 66.5 Å². The van der Waals surface area contributed by atoms with Crippen LogP contribution in [-0.2, 0) is 11.2 Å². The van der Waals surface area contributed by atoms with E-state index >= 15 is 0 Å². The van der Waals surface area contributed by atoms with Gasteiger partial charge < -0.3 is 14.5 Å². The minimum absolute atomic E-state index is 0.225. The van der Waals surface area contributed by atoms with E-state index in [4.69, 9.17) is 4.74 Å². The Bertz CT molecular complexity index is 1340. The van der Waals surface area contributed by atoms with Crippen molar-refractivity contribution in [3.8, 4) is 11.4 Å². The fraction of sp³-hybridized carbons (Fsp3) is 0.323. The van der Waals surface area contributed by atoms with Crippen LogP contribution in [0.2, 0.25) is 0 Å². The van der Waals surface area contributed by atoms with E-state index in [1.54, 1.807) is 11.8 Å². The Morgan fingerprint density at radius 1 is 0.872 bits per heavy atom. The Morgan fingerprint density at radius 2 is 1.56 bits per heavy atom. The Balaban J connectivity index is 1.14. The van der Waals surface area contributed by atoms with Gasteiger partial charge in [-0.25, -0.2) is 0 Å². The van der Waals surface area contributed by atoms with Crippen molar-refractivity contribution in [3.63, 3.8) is 0 Å². The molecule has 39 heavy (non-hydrogen) atoms. The molecule has 0 atom stereocenters. The molecule has 0 radical (unpaired) electrons.